The Kier molecular flexibility index (Phi) is 2.13. The molecule has 0 aliphatic heterocycles. The molecule has 0 bridgehead atoms. The van der Waals surface area contributed by atoms with Gasteiger partial charge in [0.15, 0.2) is 0 Å². The first-order valence-electron chi connectivity index (χ1n) is 5.52. The van der Waals surface area contributed by atoms with Gasteiger partial charge in [-0.25, -0.2) is 4.39 Å². The molecule has 4 heteroatoms. The van der Waals surface area contributed by atoms with Gasteiger partial charge in [0.1, 0.15) is 11.6 Å². The SMILES string of the molecule is Cc1cc(O)cc2c1[nH]c(=O)c1c(F)cccc12. The molecule has 0 spiro atoms. The number of phenolic OH excluding ortho intramolecular Hbond substituents is 1. The first-order valence-corrected chi connectivity index (χ1v) is 5.52. The molecule has 0 amide bonds. The first-order chi connectivity index (χ1) is 8.58. The predicted molar refractivity (Wildman–Crippen MR) is 68.4 cm³/mol. The summed E-state index contributed by atoms with van der Waals surface area (Å²) < 4.78 is 13.7. The van der Waals surface area contributed by atoms with Crippen LogP contribution in [0.15, 0.2) is 35.1 Å². The Hall–Kier alpha value is -2.36. The Morgan fingerprint density at radius 3 is 2.78 bits per heavy atom. The van der Waals surface area contributed by atoms with Gasteiger partial charge >= 0.3 is 0 Å². The standard InChI is InChI=1S/C14H10FNO2/c1-7-5-8(17)6-10-9-3-2-4-11(15)12(9)14(18)16-13(7)10/h2-6,17H,1H3,(H,16,18). The number of hydrogen-bond acceptors (Lipinski definition) is 2. The van der Waals surface area contributed by atoms with E-state index in [1.165, 1.54) is 12.1 Å². The fraction of sp³-hybridized carbons (Fsp3) is 0.0714. The van der Waals surface area contributed by atoms with Gasteiger partial charge in [0.25, 0.3) is 5.56 Å². The van der Waals surface area contributed by atoms with Crippen molar-refractivity contribution in [3.63, 3.8) is 0 Å². The van der Waals surface area contributed by atoms with Gasteiger partial charge in [0, 0.05) is 5.39 Å². The number of phenols is 1. The zero-order chi connectivity index (χ0) is 12.9. The minimum absolute atomic E-state index is 0.0231. The second kappa shape index (κ2) is 3.57. The zero-order valence-electron chi connectivity index (χ0n) is 9.62. The molecule has 18 heavy (non-hydrogen) atoms. The van der Waals surface area contributed by atoms with Crippen molar-refractivity contribution in [2.45, 2.75) is 6.92 Å². The van der Waals surface area contributed by atoms with Crippen LogP contribution in [-0.2, 0) is 0 Å². The third-order valence-corrected chi connectivity index (χ3v) is 3.09. The van der Waals surface area contributed by atoms with Gasteiger partial charge < -0.3 is 10.1 Å². The van der Waals surface area contributed by atoms with E-state index in [0.29, 0.717) is 16.3 Å². The molecule has 1 aromatic heterocycles. The summed E-state index contributed by atoms with van der Waals surface area (Å²) in [4.78, 5) is 14.6. The lowest BCUT2D eigenvalue weighted by Gasteiger charge is -2.07. The Bertz CT molecular complexity index is 836. The van der Waals surface area contributed by atoms with E-state index >= 15 is 0 Å². The minimum atomic E-state index is -0.559. The summed E-state index contributed by atoms with van der Waals surface area (Å²) in [5, 5.41) is 10.8. The third kappa shape index (κ3) is 1.39. The molecular weight excluding hydrogens is 233 g/mol. The van der Waals surface area contributed by atoms with Gasteiger partial charge in [-0.15, -0.1) is 0 Å². The van der Waals surface area contributed by atoms with Crippen molar-refractivity contribution in [2.24, 2.45) is 0 Å². The van der Waals surface area contributed by atoms with Crippen molar-refractivity contribution in [3.8, 4) is 5.75 Å². The van der Waals surface area contributed by atoms with Crippen molar-refractivity contribution >= 4 is 21.7 Å². The molecular formula is C14H10FNO2. The van der Waals surface area contributed by atoms with Gasteiger partial charge in [0.2, 0.25) is 0 Å². The van der Waals surface area contributed by atoms with E-state index in [1.54, 1.807) is 25.1 Å². The highest BCUT2D eigenvalue weighted by molar-refractivity contribution is 6.06. The smallest absolute Gasteiger partial charge is 0.259 e. The molecule has 0 saturated carbocycles. The van der Waals surface area contributed by atoms with Crippen LogP contribution in [-0.4, -0.2) is 10.1 Å². The highest BCUT2D eigenvalue weighted by atomic mass is 19.1. The Balaban J connectivity index is 2.70. The number of benzene rings is 2. The quantitative estimate of drug-likeness (QED) is 0.596. The molecule has 0 aliphatic carbocycles. The van der Waals surface area contributed by atoms with Crippen LogP contribution >= 0.6 is 0 Å². The molecule has 2 N–H and O–H groups in total. The van der Waals surface area contributed by atoms with E-state index in [2.05, 4.69) is 4.98 Å². The lowest BCUT2D eigenvalue weighted by molar-refractivity contribution is 0.476. The molecule has 0 fully saturated rings. The fourth-order valence-electron chi connectivity index (χ4n) is 2.30. The van der Waals surface area contributed by atoms with Crippen LogP contribution in [0.3, 0.4) is 0 Å². The van der Waals surface area contributed by atoms with Gasteiger partial charge in [-0.1, -0.05) is 12.1 Å². The van der Waals surface area contributed by atoms with Gasteiger partial charge in [-0.2, -0.15) is 0 Å². The molecule has 0 radical (unpaired) electrons. The molecule has 1 heterocycles. The number of hydrogen-bond donors (Lipinski definition) is 2. The average Bonchev–Trinajstić information content (AvgIpc) is 2.31. The Morgan fingerprint density at radius 2 is 2.00 bits per heavy atom. The van der Waals surface area contributed by atoms with Crippen molar-refractivity contribution in [1.29, 1.82) is 0 Å². The van der Waals surface area contributed by atoms with E-state index in [4.69, 9.17) is 0 Å². The van der Waals surface area contributed by atoms with Crippen LogP contribution in [0.25, 0.3) is 21.7 Å². The second-order valence-electron chi connectivity index (χ2n) is 4.30. The van der Waals surface area contributed by atoms with Gasteiger partial charge in [-0.3, -0.25) is 4.79 Å². The maximum Gasteiger partial charge on any atom is 0.259 e. The molecule has 90 valence electrons. The summed E-state index contributed by atoms with van der Waals surface area (Å²) in [6.45, 7) is 1.78. The van der Waals surface area contributed by atoms with E-state index in [9.17, 15) is 14.3 Å². The second-order valence-corrected chi connectivity index (χ2v) is 4.30. The van der Waals surface area contributed by atoms with Gasteiger partial charge in [-0.05, 0) is 36.1 Å². The van der Waals surface area contributed by atoms with Crippen molar-refractivity contribution in [1.82, 2.24) is 4.98 Å². The van der Waals surface area contributed by atoms with Crippen LogP contribution in [0.5, 0.6) is 5.75 Å². The Labute approximate surface area is 102 Å². The number of fused-ring (bicyclic) bond motifs is 3. The largest absolute Gasteiger partial charge is 0.508 e. The molecule has 3 rings (SSSR count). The summed E-state index contributed by atoms with van der Waals surface area (Å²) >= 11 is 0. The number of rotatable bonds is 0. The first kappa shape index (κ1) is 10.8. The maximum atomic E-state index is 13.7. The Morgan fingerprint density at radius 1 is 1.22 bits per heavy atom. The van der Waals surface area contributed by atoms with E-state index in [-0.39, 0.29) is 11.1 Å². The normalized spacial score (nSPS) is 11.2. The molecule has 0 unspecified atom stereocenters. The molecule has 3 nitrogen and oxygen atoms in total. The molecule has 3 aromatic rings. The molecule has 0 aliphatic rings. The van der Waals surface area contributed by atoms with E-state index < -0.39 is 11.4 Å². The molecule has 2 aromatic carbocycles. The van der Waals surface area contributed by atoms with Crippen LogP contribution in [0.4, 0.5) is 4.39 Å². The summed E-state index contributed by atoms with van der Waals surface area (Å²) in [6.07, 6.45) is 0. The molecule has 0 saturated heterocycles. The minimum Gasteiger partial charge on any atom is -0.508 e. The van der Waals surface area contributed by atoms with Crippen LogP contribution in [0.1, 0.15) is 5.56 Å². The third-order valence-electron chi connectivity index (χ3n) is 3.09. The summed E-state index contributed by atoms with van der Waals surface area (Å²) in [5.74, 6) is -0.464. The summed E-state index contributed by atoms with van der Waals surface area (Å²) in [5.41, 5.74) is 0.911. The lowest BCUT2D eigenvalue weighted by atomic mass is 10.0. The van der Waals surface area contributed by atoms with Crippen LogP contribution in [0.2, 0.25) is 0 Å². The number of aryl methyl sites for hydroxylation is 1. The zero-order valence-corrected chi connectivity index (χ0v) is 9.62. The number of halogens is 1. The number of aromatic amines is 1. The topological polar surface area (TPSA) is 53.1 Å². The van der Waals surface area contributed by atoms with E-state index in [0.717, 1.165) is 5.56 Å². The highest BCUT2D eigenvalue weighted by Crippen LogP contribution is 2.28. The number of aromatic nitrogens is 1. The van der Waals surface area contributed by atoms with Crippen LogP contribution in [0, 0.1) is 12.7 Å². The van der Waals surface area contributed by atoms with Crippen molar-refractivity contribution in [2.75, 3.05) is 0 Å². The van der Waals surface area contributed by atoms with Crippen LogP contribution < -0.4 is 5.56 Å². The maximum absolute atomic E-state index is 13.7. The number of pyridine rings is 1. The number of H-pyrrole nitrogens is 1. The average molecular weight is 243 g/mol. The highest BCUT2D eigenvalue weighted by Gasteiger charge is 2.11. The van der Waals surface area contributed by atoms with E-state index in [1.807, 2.05) is 0 Å². The molecule has 0 atom stereocenters. The monoisotopic (exact) mass is 243 g/mol. The van der Waals surface area contributed by atoms with Gasteiger partial charge in [0.05, 0.1) is 10.9 Å². The summed E-state index contributed by atoms with van der Waals surface area (Å²) in [7, 11) is 0. The predicted octanol–water partition coefficient (Wildman–Crippen LogP) is 2.83. The summed E-state index contributed by atoms with van der Waals surface area (Å²) in [6, 6.07) is 7.56. The van der Waals surface area contributed by atoms with Crippen molar-refractivity contribution < 1.29 is 9.50 Å². The lowest BCUT2D eigenvalue weighted by Crippen LogP contribution is -2.08. The fourth-order valence-corrected chi connectivity index (χ4v) is 2.30. The number of nitrogens with one attached hydrogen (secondary N) is 1. The van der Waals surface area contributed by atoms with Crippen molar-refractivity contribution in [3.05, 3.63) is 52.1 Å². The number of aromatic hydroxyl groups is 1.